The lowest BCUT2D eigenvalue weighted by Gasteiger charge is -2.27. The first-order valence-electron chi connectivity index (χ1n) is 27.5. The van der Waals surface area contributed by atoms with Gasteiger partial charge in [-0.25, -0.2) is 4.57 Å². The Morgan fingerprint density at radius 1 is 0.545 bits per heavy atom. The number of rotatable bonds is 49. The Hall–Kier alpha value is -2.03. The Morgan fingerprint density at radius 3 is 1.45 bits per heavy atom. The summed E-state index contributed by atoms with van der Waals surface area (Å²) in [6.07, 6.45) is 55.3. The van der Waals surface area contributed by atoms with E-state index in [2.05, 4.69) is 62.5 Å². The lowest BCUT2D eigenvalue weighted by atomic mass is 10.0. The number of carbonyl (C=O) groups excluding carboxylic acids is 2. The van der Waals surface area contributed by atoms with Gasteiger partial charge in [0.1, 0.15) is 19.3 Å². The summed E-state index contributed by atoms with van der Waals surface area (Å²) in [6.45, 7) is 6.88. The van der Waals surface area contributed by atoms with Crippen LogP contribution in [-0.2, 0) is 27.9 Å². The number of hydrogen-bond donors (Lipinski definition) is 2. The van der Waals surface area contributed by atoms with E-state index < -0.39 is 20.0 Å². The molecule has 1 amide bonds. The third-order valence-corrected chi connectivity index (χ3v) is 13.0. The maximum absolute atomic E-state index is 13.5. The molecule has 66 heavy (non-hydrogen) atoms. The molecule has 0 saturated carbocycles. The molecular formula is C56H106N2O7P+. The molecule has 0 spiro atoms. The molecule has 0 aliphatic rings. The van der Waals surface area contributed by atoms with Crippen molar-refractivity contribution in [3.8, 4) is 0 Å². The number of unbranched alkanes of at least 4 members (excludes halogenated alkanes) is 27. The van der Waals surface area contributed by atoms with Gasteiger partial charge in [-0.15, -0.1) is 0 Å². The molecule has 0 bridgehead atoms. The predicted octanol–water partition coefficient (Wildman–Crippen LogP) is 16.2. The molecule has 9 nitrogen and oxygen atoms in total. The summed E-state index contributed by atoms with van der Waals surface area (Å²) in [6, 6.07) is -0.853. The fraction of sp³-hybridized carbons (Fsp3) is 0.821. The minimum atomic E-state index is -4.44. The van der Waals surface area contributed by atoms with Crippen molar-refractivity contribution in [2.75, 3.05) is 40.9 Å². The van der Waals surface area contributed by atoms with Gasteiger partial charge in [-0.05, 0) is 63.9 Å². The molecule has 0 radical (unpaired) electrons. The van der Waals surface area contributed by atoms with E-state index in [1.165, 1.54) is 122 Å². The Kier molecular flexibility index (Phi) is 45.3. The fourth-order valence-electron chi connectivity index (χ4n) is 7.78. The number of nitrogens with one attached hydrogen (secondary N) is 1. The molecule has 3 unspecified atom stereocenters. The second kappa shape index (κ2) is 46.7. The van der Waals surface area contributed by atoms with Crippen LogP contribution in [0.4, 0.5) is 0 Å². The van der Waals surface area contributed by atoms with Gasteiger partial charge in [0, 0.05) is 12.8 Å². The first-order valence-corrected chi connectivity index (χ1v) is 29.0. The van der Waals surface area contributed by atoms with Gasteiger partial charge in [-0.1, -0.05) is 217 Å². The van der Waals surface area contributed by atoms with E-state index in [9.17, 15) is 19.0 Å². The third-order valence-electron chi connectivity index (χ3n) is 12.0. The van der Waals surface area contributed by atoms with E-state index in [-0.39, 0.29) is 31.5 Å². The molecule has 0 rings (SSSR count). The molecule has 0 aromatic heterocycles. The number of phosphoric ester groups is 1. The van der Waals surface area contributed by atoms with Gasteiger partial charge in [-0.2, -0.15) is 0 Å². The number of allylic oxidation sites excluding steroid dienone is 7. The Labute approximate surface area is 408 Å². The van der Waals surface area contributed by atoms with Crippen LogP contribution < -0.4 is 5.32 Å². The summed E-state index contributed by atoms with van der Waals surface area (Å²) in [4.78, 5) is 37.5. The number of phosphoric acid groups is 1. The van der Waals surface area contributed by atoms with Crippen molar-refractivity contribution < 1.29 is 37.3 Å². The molecule has 0 aliphatic carbocycles. The summed E-state index contributed by atoms with van der Waals surface area (Å²) in [5.41, 5.74) is 0. The first kappa shape index (κ1) is 64.0. The quantitative estimate of drug-likeness (QED) is 0.0205. The smallest absolute Gasteiger partial charge is 0.456 e. The van der Waals surface area contributed by atoms with E-state index in [1.807, 2.05) is 33.3 Å². The third kappa shape index (κ3) is 47.1. The van der Waals surface area contributed by atoms with E-state index in [1.54, 1.807) is 0 Å². The molecule has 0 aliphatic heterocycles. The van der Waals surface area contributed by atoms with Gasteiger partial charge in [0.2, 0.25) is 5.91 Å². The number of hydrogen-bond acceptors (Lipinski definition) is 6. The van der Waals surface area contributed by atoms with Gasteiger partial charge in [0.05, 0.1) is 33.8 Å². The average molecular weight is 950 g/mol. The van der Waals surface area contributed by atoms with Crippen molar-refractivity contribution in [3.63, 3.8) is 0 Å². The van der Waals surface area contributed by atoms with Crippen molar-refractivity contribution in [3.05, 3.63) is 48.6 Å². The number of nitrogens with zero attached hydrogens (tertiary/aromatic N) is 1. The van der Waals surface area contributed by atoms with Crippen LogP contribution in [0, 0.1) is 0 Å². The highest BCUT2D eigenvalue weighted by Gasteiger charge is 2.30. The average Bonchev–Trinajstić information content (AvgIpc) is 3.27. The van der Waals surface area contributed by atoms with Gasteiger partial charge in [0.15, 0.2) is 0 Å². The molecule has 0 saturated heterocycles. The van der Waals surface area contributed by atoms with Crippen LogP contribution in [0.3, 0.4) is 0 Å². The maximum Gasteiger partial charge on any atom is 0.472 e. The molecule has 386 valence electrons. The maximum atomic E-state index is 13.5. The summed E-state index contributed by atoms with van der Waals surface area (Å²) in [5.74, 6) is -0.527. The standard InChI is InChI=1S/C56H105N2O7P/c1-7-10-13-16-19-22-25-28-31-34-37-40-43-46-49-56(60)65-54(47-44-41-38-35-32-29-26-23-20-17-14-11-8-2)53(52-64-66(61,62)63-51-50-58(4,5)6)57-55(59)48-45-42-39-36-33-30-27-24-21-18-15-12-9-3/h10,13,19,22,28,31,44,47,53-54H,7-9,11-12,14-18,20-21,23-27,29-30,32-43,45-46,48-52H2,1-6H3,(H-,57,59,61,62)/p+1/b13-10+,22-19+,31-28+,47-44+. The number of likely N-dealkylation sites (N-methyl/N-ethyl adjacent to an activating group) is 1. The van der Waals surface area contributed by atoms with Crippen LogP contribution in [0.25, 0.3) is 0 Å². The van der Waals surface area contributed by atoms with Crippen molar-refractivity contribution >= 4 is 19.7 Å². The summed E-state index contributed by atoms with van der Waals surface area (Å²) < 4.78 is 30.5. The molecule has 0 fully saturated rings. The molecule has 0 aromatic carbocycles. The van der Waals surface area contributed by atoms with Crippen molar-refractivity contribution in [2.24, 2.45) is 0 Å². The second-order valence-corrected chi connectivity index (χ2v) is 21.2. The number of carbonyl (C=O) groups is 2. The van der Waals surface area contributed by atoms with E-state index >= 15 is 0 Å². The molecule has 0 aromatic rings. The summed E-state index contributed by atoms with van der Waals surface area (Å²) >= 11 is 0. The van der Waals surface area contributed by atoms with Crippen LogP contribution in [0.5, 0.6) is 0 Å². The number of quaternary nitrogens is 1. The van der Waals surface area contributed by atoms with E-state index in [0.29, 0.717) is 23.9 Å². The highest BCUT2D eigenvalue weighted by atomic mass is 31.2. The van der Waals surface area contributed by atoms with Crippen molar-refractivity contribution in [1.82, 2.24) is 5.32 Å². The minimum Gasteiger partial charge on any atom is -0.456 e. The Morgan fingerprint density at radius 2 is 0.970 bits per heavy atom. The largest absolute Gasteiger partial charge is 0.472 e. The minimum absolute atomic E-state index is 0.0372. The Bertz CT molecular complexity index is 1280. The van der Waals surface area contributed by atoms with Gasteiger partial charge < -0.3 is 19.4 Å². The first-order chi connectivity index (χ1) is 31.9. The SMILES string of the molecule is CC/C=C/C/C=C/C/C=C/CCCCCCC(=O)OC(/C=C/CCCCCCCCCCCCC)C(COP(=O)(O)OCC[N+](C)(C)C)NC(=O)CCCCCCCCCCCCCCC. The van der Waals surface area contributed by atoms with Crippen LogP contribution in [0.15, 0.2) is 48.6 Å². The number of ether oxygens (including phenoxy) is 1. The fourth-order valence-corrected chi connectivity index (χ4v) is 8.51. The van der Waals surface area contributed by atoms with E-state index in [0.717, 1.165) is 83.5 Å². The highest BCUT2D eigenvalue weighted by Crippen LogP contribution is 2.43. The molecule has 2 N–H and O–H groups in total. The van der Waals surface area contributed by atoms with Crippen molar-refractivity contribution in [2.45, 2.75) is 258 Å². The summed E-state index contributed by atoms with van der Waals surface area (Å²) in [7, 11) is 1.49. The lowest BCUT2D eigenvalue weighted by Crippen LogP contribution is -2.47. The molecule has 0 heterocycles. The molecule has 10 heteroatoms. The topological polar surface area (TPSA) is 111 Å². The predicted molar refractivity (Wildman–Crippen MR) is 282 cm³/mol. The zero-order valence-corrected chi connectivity index (χ0v) is 44.8. The molecular weight excluding hydrogens is 844 g/mol. The summed E-state index contributed by atoms with van der Waals surface area (Å²) in [5, 5.41) is 3.04. The Balaban J connectivity index is 5.44. The van der Waals surface area contributed by atoms with Crippen LogP contribution in [-0.4, -0.2) is 74.3 Å². The van der Waals surface area contributed by atoms with Crippen LogP contribution >= 0.6 is 7.82 Å². The van der Waals surface area contributed by atoms with Gasteiger partial charge in [-0.3, -0.25) is 18.6 Å². The lowest BCUT2D eigenvalue weighted by molar-refractivity contribution is -0.870. The normalized spacial score (nSPS) is 14.2. The zero-order chi connectivity index (χ0) is 48.7. The zero-order valence-electron chi connectivity index (χ0n) is 43.9. The van der Waals surface area contributed by atoms with Crippen molar-refractivity contribution in [1.29, 1.82) is 0 Å². The van der Waals surface area contributed by atoms with Crippen LogP contribution in [0.1, 0.15) is 245 Å². The number of amides is 1. The molecule has 3 atom stereocenters. The number of esters is 1. The van der Waals surface area contributed by atoms with Crippen LogP contribution in [0.2, 0.25) is 0 Å². The van der Waals surface area contributed by atoms with E-state index in [4.69, 9.17) is 13.8 Å². The highest BCUT2D eigenvalue weighted by molar-refractivity contribution is 7.47. The van der Waals surface area contributed by atoms with Gasteiger partial charge in [0.25, 0.3) is 0 Å². The second-order valence-electron chi connectivity index (χ2n) is 19.7. The monoisotopic (exact) mass is 950 g/mol. The van der Waals surface area contributed by atoms with Gasteiger partial charge >= 0.3 is 13.8 Å².